The Balaban J connectivity index is 2.66. The molecule has 1 aromatic rings. The Morgan fingerprint density at radius 2 is 1.80 bits per heavy atom. The highest BCUT2D eigenvalue weighted by molar-refractivity contribution is 5.13. The Morgan fingerprint density at radius 3 is 2.33 bits per heavy atom. The molecule has 0 aliphatic heterocycles. The van der Waals surface area contributed by atoms with Crippen LogP contribution in [0.3, 0.4) is 0 Å². The van der Waals surface area contributed by atoms with E-state index >= 15 is 0 Å². The summed E-state index contributed by atoms with van der Waals surface area (Å²) in [6, 6.07) is 10.5. The van der Waals surface area contributed by atoms with Crippen LogP contribution >= 0.6 is 0 Å². The first kappa shape index (κ1) is 12.2. The fourth-order valence-corrected chi connectivity index (χ4v) is 2.08. The number of aliphatic hydroxyl groups is 1. The van der Waals surface area contributed by atoms with Crippen LogP contribution in [0.1, 0.15) is 18.9 Å². The maximum atomic E-state index is 9.09. The SMILES string of the molecule is CCC[N+](C)(CCO)Cc1ccccc1. The Labute approximate surface area is 92.8 Å². The van der Waals surface area contributed by atoms with Gasteiger partial charge in [0.05, 0.1) is 20.2 Å². The van der Waals surface area contributed by atoms with E-state index < -0.39 is 0 Å². The summed E-state index contributed by atoms with van der Waals surface area (Å²) in [5, 5.41) is 9.09. The molecule has 0 heterocycles. The minimum Gasteiger partial charge on any atom is -0.391 e. The second kappa shape index (κ2) is 5.89. The maximum absolute atomic E-state index is 9.09. The minimum absolute atomic E-state index is 0.267. The molecule has 0 aliphatic carbocycles. The molecule has 0 saturated carbocycles. The standard InChI is InChI=1S/C13H22NO/c1-3-9-14(2,10-11-15)12-13-7-5-4-6-8-13/h4-8,15H,3,9-12H2,1-2H3/q+1. The van der Waals surface area contributed by atoms with E-state index in [1.54, 1.807) is 0 Å². The second-order valence-electron chi connectivity index (χ2n) is 4.43. The molecule has 2 heteroatoms. The molecule has 0 spiro atoms. The van der Waals surface area contributed by atoms with Crippen molar-refractivity contribution in [2.45, 2.75) is 19.9 Å². The molecular weight excluding hydrogens is 186 g/mol. The molecule has 1 rings (SSSR count). The highest BCUT2D eigenvalue weighted by Gasteiger charge is 2.19. The van der Waals surface area contributed by atoms with E-state index in [0.717, 1.165) is 30.5 Å². The highest BCUT2D eigenvalue weighted by Crippen LogP contribution is 2.12. The van der Waals surface area contributed by atoms with Crippen LogP contribution in [-0.2, 0) is 6.54 Å². The van der Waals surface area contributed by atoms with Gasteiger partial charge in [-0.1, -0.05) is 37.3 Å². The highest BCUT2D eigenvalue weighted by atomic mass is 16.3. The molecule has 0 fully saturated rings. The predicted molar refractivity (Wildman–Crippen MR) is 63.4 cm³/mol. The molecule has 0 saturated heterocycles. The normalized spacial score (nSPS) is 14.9. The lowest BCUT2D eigenvalue weighted by Crippen LogP contribution is -2.45. The molecular formula is C13H22NO+. The number of hydrogen-bond acceptors (Lipinski definition) is 1. The Kier molecular flexibility index (Phi) is 4.79. The topological polar surface area (TPSA) is 20.2 Å². The molecule has 1 aromatic carbocycles. The molecule has 0 aliphatic rings. The number of benzene rings is 1. The van der Waals surface area contributed by atoms with Crippen molar-refractivity contribution in [3.8, 4) is 0 Å². The summed E-state index contributed by atoms with van der Waals surface area (Å²) in [7, 11) is 2.22. The van der Waals surface area contributed by atoms with E-state index in [1.165, 1.54) is 5.56 Å². The van der Waals surface area contributed by atoms with Gasteiger partial charge in [0.25, 0.3) is 0 Å². The Bertz CT molecular complexity index is 265. The number of likely N-dealkylation sites (N-methyl/N-ethyl adjacent to an activating group) is 1. The summed E-state index contributed by atoms with van der Waals surface area (Å²) < 4.78 is 0.928. The van der Waals surface area contributed by atoms with E-state index in [1.807, 2.05) is 6.07 Å². The molecule has 0 amide bonds. The van der Waals surface area contributed by atoms with Crippen molar-refractivity contribution in [2.75, 3.05) is 26.7 Å². The third kappa shape index (κ3) is 4.02. The van der Waals surface area contributed by atoms with Crippen molar-refractivity contribution < 1.29 is 9.59 Å². The molecule has 1 atom stereocenters. The van der Waals surface area contributed by atoms with Crippen LogP contribution in [0, 0.1) is 0 Å². The van der Waals surface area contributed by atoms with Crippen molar-refractivity contribution in [3.05, 3.63) is 35.9 Å². The van der Waals surface area contributed by atoms with E-state index in [0.29, 0.717) is 0 Å². The lowest BCUT2D eigenvalue weighted by molar-refractivity contribution is -0.922. The zero-order valence-corrected chi connectivity index (χ0v) is 9.82. The van der Waals surface area contributed by atoms with E-state index in [-0.39, 0.29) is 6.61 Å². The zero-order valence-electron chi connectivity index (χ0n) is 9.82. The Hall–Kier alpha value is -0.860. The van der Waals surface area contributed by atoms with E-state index in [9.17, 15) is 0 Å². The van der Waals surface area contributed by atoms with Crippen molar-refractivity contribution >= 4 is 0 Å². The second-order valence-corrected chi connectivity index (χ2v) is 4.43. The van der Waals surface area contributed by atoms with Crippen LogP contribution in [0.15, 0.2) is 30.3 Å². The lowest BCUT2D eigenvalue weighted by Gasteiger charge is -2.33. The monoisotopic (exact) mass is 208 g/mol. The molecule has 1 N–H and O–H groups in total. The average Bonchev–Trinajstić information content (AvgIpc) is 2.19. The summed E-state index contributed by atoms with van der Waals surface area (Å²) >= 11 is 0. The van der Waals surface area contributed by atoms with Gasteiger partial charge in [-0.2, -0.15) is 0 Å². The fraction of sp³-hybridized carbons (Fsp3) is 0.538. The summed E-state index contributed by atoms with van der Waals surface area (Å²) in [4.78, 5) is 0. The van der Waals surface area contributed by atoms with Gasteiger partial charge in [0, 0.05) is 5.56 Å². The third-order valence-corrected chi connectivity index (χ3v) is 2.81. The van der Waals surface area contributed by atoms with Gasteiger partial charge < -0.3 is 9.59 Å². The summed E-state index contributed by atoms with van der Waals surface area (Å²) in [5.41, 5.74) is 1.35. The predicted octanol–water partition coefficient (Wildman–Crippen LogP) is 2.04. The quantitative estimate of drug-likeness (QED) is 0.709. The van der Waals surface area contributed by atoms with E-state index in [4.69, 9.17) is 5.11 Å². The summed E-state index contributed by atoms with van der Waals surface area (Å²) in [6.07, 6.45) is 1.16. The summed E-state index contributed by atoms with van der Waals surface area (Å²) in [6.45, 7) is 5.43. The van der Waals surface area contributed by atoms with Crippen LogP contribution in [0.25, 0.3) is 0 Å². The molecule has 0 aromatic heterocycles. The van der Waals surface area contributed by atoms with Crippen LogP contribution < -0.4 is 0 Å². The molecule has 15 heavy (non-hydrogen) atoms. The van der Waals surface area contributed by atoms with Gasteiger partial charge >= 0.3 is 0 Å². The summed E-state index contributed by atoms with van der Waals surface area (Å²) in [5.74, 6) is 0. The van der Waals surface area contributed by atoms with Crippen molar-refractivity contribution in [2.24, 2.45) is 0 Å². The molecule has 0 radical (unpaired) electrons. The first-order valence-corrected chi connectivity index (χ1v) is 5.68. The molecule has 84 valence electrons. The number of aliphatic hydroxyl groups excluding tert-OH is 1. The molecule has 0 bridgehead atoms. The van der Waals surface area contributed by atoms with Gasteiger partial charge in [-0.15, -0.1) is 0 Å². The van der Waals surface area contributed by atoms with Gasteiger partial charge in [0.15, 0.2) is 0 Å². The van der Waals surface area contributed by atoms with Crippen LogP contribution in [0.4, 0.5) is 0 Å². The number of nitrogens with zero attached hydrogens (tertiary/aromatic N) is 1. The first-order chi connectivity index (χ1) is 7.20. The van der Waals surface area contributed by atoms with Crippen molar-refractivity contribution in [1.29, 1.82) is 0 Å². The minimum atomic E-state index is 0.267. The Morgan fingerprint density at radius 1 is 1.13 bits per heavy atom. The van der Waals surface area contributed by atoms with Crippen LogP contribution in [-0.4, -0.2) is 36.3 Å². The smallest absolute Gasteiger partial charge is 0.104 e. The zero-order chi connectivity index (χ0) is 11.1. The molecule has 2 nitrogen and oxygen atoms in total. The first-order valence-electron chi connectivity index (χ1n) is 5.68. The largest absolute Gasteiger partial charge is 0.391 e. The van der Waals surface area contributed by atoms with Crippen molar-refractivity contribution in [1.82, 2.24) is 0 Å². The number of quaternary nitrogens is 1. The number of hydrogen-bond donors (Lipinski definition) is 1. The van der Waals surface area contributed by atoms with Gasteiger partial charge in [0.2, 0.25) is 0 Å². The fourth-order valence-electron chi connectivity index (χ4n) is 2.08. The number of rotatable bonds is 6. The van der Waals surface area contributed by atoms with E-state index in [2.05, 4.69) is 38.2 Å². The lowest BCUT2D eigenvalue weighted by atomic mass is 10.2. The van der Waals surface area contributed by atoms with Crippen molar-refractivity contribution in [3.63, 3.8) is 0 Å². The van der Waals surface area contributed by atoms with Crippen LogP contribution in [0.2, 0.25) is 0 Å². The maximum Gasteiger partial charge on any atom is 0.104 e. The van der Waals surface area contributed by atoms with Gasteiger partial charge in [-0.3, -0.25) is 0 Å². The van der Waals surface area contributed by atoms with Gasteiger partial charge in [-0.05, 0) is 6.42 Å². The van der Waals surface area contributed by atoms with Crippen LogP contribution in [0.5, 0.6) is 0 Å². The van der Waals surface area contributed by atoms with Gasteiger partial charge in [0.1, 0.15) is 13.1 Å². The third-order valence-electron chi connectivity index (χ3n) is 2.81. The van der Waals surface area contributed by atoms with Gasteiger partial charge in [-0.25, -0.2) is 0 Å². The average molecular weight is 208 g/mol. The molecule has 1 unspecified atom stereocenters.